The lowest BCUT2D eigenvalue weighted by molar-refractivity contribution is -0.121. The Kier molecular flexibility index (Phi) is 7.03. The van der Waals surface area contributed by atoms with Gasteiger partial charge < -0.3 is 15.2 Å². The van der Waals surface area contributed by atoms with Crippen LogP contribution < -0.4 is 5.32 Å². The molecule has 1 aromatic heterocycles. The van der Waals surface area contributed by atoms with E-state index < -0.39 is 0 Å². The number of nitrogens with zero attached hydrogens (tertiary/aromatic N) is 1. The maximum atomic E-state index is 14.0. The Balaban J connectivity index is 1.42. The first-order valence-electron chi connectivity index (χ1n) is 11.4. The fraction of sp³-hybridized carbons (Fsp3) is 0.423. The number of aromatic nitrogens is 1. The molecular formula is C26H32FN3O. The van der Waals surface area contributed by atoms with Gasteiger partial charge in [-0.1, -0.05) is 36.8 Å². The molecule has 164 valence electrons. The number of piperidine rings is 1. The summed E-state index contributed by atoms with van der Waals surface area (Å²) in [6, 6.07) is 15.3. The number of rotatable bonds is 8. The van der Waals surface area contributed by atoms with E-state index in [1.807, 2.05) is 36.5 Å². The van der Waals surface area contributed by atoms with Crippen molar-refractivity contribution in [3.8, 4) is 0 Å². The quantitative estimate of drug-likeness (QED) is 0.491. The first kappa shape index (κ1) is 21.6. The Morgan fingerprint density at radius 2 is 2.10 bits per heavy atom. The molecule has 4 nitrogen and oxygen atoms in total. The highest BCUT2D eigenvalue weighted by Crippen LogP contribution is 2.33. The van der Waals surface area contributed by atoms with Crippen molar-refractivity contribution in [2.75, 3.05) is 19.6 Å². The zero-order valence-corrected chi connectivity index (χ0v) is 18.2. The minimum absolute atomic E-state index is 0.00577. The highest BCUT2D eigenvalue weighted by Gasteiger charge is 2.22. The van der Waals surface area contributed by atoms with Crippen molar-refractivity contribution in [2.45, 2.75) is 51.0 Å². The third-order valence-electron chi connectivity index (χ3n) is 6.52. The number of amides is 1. The van der Waals surface area contributed by atoms with Crippen LogP contribution in [0.4, 0.5) is 4.39 Å². The molecule has 2 N–H and O–H groups in total. The summed E-state index contributed by atoms with van der Waals surface area (Å²) in [5.74, 6) is -0.474. The minimum Gasteiger partial charge on any atom is -0.361 e. The maximum Gasteiger partial charge on any atom is 0.220 e. The number of hydrogen-bond acceptors (Lipinski definition) is 2. The molecular weight excluding hydrogens is 389 g/mol. The summed E-state index contributed by atoms with van der Waals surface area (Å²) >= 11 is 0. The van der Waals surface area contributed by atoms with Crippen LogP contribution in [0.1, 0.15) is 56.1 Å². The molecule has 1 aliphatic rings. The Morgan fingerprint density at radius 3 is 2.94 bits per heavy atom. The lowest BCUT2D eigenvalue weighted by Crippen LogP contribution is -2.39. The van der Waals surface area contributed by atoms with Crippen LogP contribution in [0.3, 0.4) is 0 Å². The summed E-state index contributed by atoms with van der Waals surface area (Å²) in [6.07, 6.45) is 7.07. The summed E-state index contributed by atoms with van der Waals surface area (Å²) in [5.41, 5.74) is 2.87. The molecule has 1 amide bonds. The van der Waals surface area contributed by atoms with Crippen molar-refractivity contribution >= 4 is 16.8 Å². The van der Waals surface area contributed by atoms with E-state index in [0.29, 0.717) is 19.0 Å². The van der Waals surface area contributed by atoms with E-state index in [1.54, 1.807) is 6.07 Å². The van der Waals surface area contributed by atoms with Crippen LogP contribution in [-0.4, -0.2) is 41.5 Å². The molecule has 5 heteroatoms. The molecule has 0 saturated carbocycles. The van der Waals surface area contributed by atoms with Gasteiger partial charge >= 0.3 is 0 Å². The second-order valence-electron chi connectivity index (χ2n) is 8.69. The largest absolute Gasteiger partial charge is 0.361 e. The summed E-state index contributed by atoms with van der Waals surface area (Å²) in [7, 11) is 0. The molecule has 0 spiro atoms. The Hall–Kier alpha value is -2.66. The molecule has 2 aromatic carbocycles. The number of para-hydroxylation sites is 1. The third-order valence-corrected chi connectivity index (χ3v) is 6.52. The summed E-state index contributed by atoms with van der Waals surface area (Å²) < 4.78 is 14.0. The van der Waals surface area contributed by atoms with Crippen molar-refractivity contribution in [2.24, 2.45) is 0 Å². The minimum atomic E-state index is -0.279. The van der Waals surface area contributed by atoms with Gasteiger partial charge in [0.05, 0.1) is 0 Å². The lowest BCUT2D eigenvalue weighted by Gasteiger charge is -2.33. The van der Waals surface area contributed by atoms with Gasteiger partial charge in [0.1, 0.15) is 5.82 Å². The number of fused-ring (bicyclic) bond motifs is 1. The molecule has 31 heavy (non-hydrogen) atoms. The number of likely N-dealkylation sites (tertiary alicyclic amines) is 1. The number of nitrogens with one attached hydrogen (secondary N) is 2. The van der Waals surface area contributed by atoms with E-state index in [2.05, 4.69) is 22.1 Å². The molecule has 0 aliphatic carbocycles. The second kappa shape index (κ2) is 10.1. The van der Waals surface area contributed by atoms with E-state index in [0.717, 1.165) is 41.5 Å². The maximum absolute atomic E-state index is 14.0. The SMILES string of the molecule is C[C@@H]1CCCCN1CCCNC(=O)C[C@@H](c1cccc(F)c1)c1c[nH]c2ccccc12. The van der Waals surface area contributed by atoms with E-state index in [4.69, 9.17) is 0 Å². The zero-order chi connectivity index (χ0) is 21.6. The van der Waals surface area contributed by atoms with Crippen LogP contribution in [0.5, 0.6) is 0 Å². The predicted octanol–water partition coefficient (Wildman–Crippen LogP) is 5.21. The van der Waals surface area contributed by atoms with Crippen LogP contribution in [-0.2, 0) is 4.79 Å². The Labute approximate surface area is 183 Å². The number of H-pyrrole nitrogens is 1. The van der Waals surface area contributed by atoms with Gasteiger partial charge in [-0.2, -0.15) is 0 Å². The molecule has 0 bridgehead atoms. The molecule has 1 saturated heterocycles. The van der Waals surface area contributed by atoms with Gasteiger partial charge in [-0.15, -0.1) is 0 Å². The molecule has 1 fully saturated rings. The smallest absolute Gasteiger partial charge is 0.220 e. The van der Waals surface area contributed by atoms with E-state index >= 15 is 0 Å². The number of hydrogen-bond donors (Lipinski definition) is 2. The van der Waals surface area contributed by atoms with Gasteiger partial charge in [0.25, 0.3) is 0 Å². The van der Waals surface area contributed by atoms with Crippen LogP contribution in [0, 0.1) is 5.82 Å². The van der Waals surface area contributed by atoms with E-state index in [1.165, 1.54) is 31.4 Å². The van der Waals surface area contributed by atoms with Gasteiger partial charge in [0.2, 0.25) is 5.91 Å². The summed E-state index contributed by atoms with van der Waals surface area (Å²) in [6.45, 7) is 5.16. The van der Waals surface area contributed by atoms with Gasteiger partial charge in [-0.25, -0.2) is 4.39 Å². The zero-order valence-electron chi connectivity index (χ0n) is 18.2. The summed E-state index contributed by atoms with van der Waals surface area (Å²) in [5, 5.41) is 4.17. The molecule has 4 rings (SSSR count). The standard InChI is InChI=1S/C26H32FN3O/c1-19-8-4-5-14-30(19)15-7-13-28-26(31)17-23(20-9-6-10-21(27)16-20)24-18-29-25-12-3-2-11-22(24)25/h2-3,6,9-12,16,18-19,23,29H,4-5,7-8,13-15,17H2,1H3,(H,28,31)/t19-,23+/m1/s1. The molecule has 3 aromatic rings. The van der Waals surface area contributed by atoms with Gasteiger partial charge in [0, 0.05) is 48.6 Å². The van der Waals surface area contributed by atoms with Crippen LogP contribution in [0.15, 0.2) is 54.7 Å². The fourth-order valence-electron chi connectivity index (χ4n) is 4.77. The van der Waals surface area contributed by atoms with Crippen molar-refractivity contribution < 1.29 is 9.18 Å². The average molecular weight is 422 g/mol. The van der Waals surface area contributed by atoms with Crippen LogP contribution in [0.25, 0.3) is 10.9 Å². The first-order chi connectivity index (χ1) is 15.1. The predicted molar refractivity (Wildman–Crippen MR) is 124 cm³/mol. The van der Waals surface area contributed by atoms with Crippen LogP contribution >= 0.6 is 0 Å². The number of benzene rings is 2. The number of carbonyl (C=O) groups is 1. The van der Waals surface area contributed by atoms with Gasteiger partial charge in [0.15, 0.2) is 0 Å². The first-order valence-corrected chi connectivity index (χ1v) is 11.4. The monoisotopic (exact) mass is 421 g/mol. The topological polar surface area (TPSA) is 48.1 Å². The molecule has 2 heterocycles. The van der Waals surface area contributed by atoms with Gasteiger partial charge in [-0.05, 0) is 62.1 Å². The molecule has 0 unspecified atom stereocenters. The third kappa shape index (κ3) is 5.34. The van der Waals surface area contributed by atoms with Crippen molar-refractivity contribution in [3.63, 3.8) is 0 Å². The van der Waals surface area contributed by atoms with E-state index in [9.17, 15) is 9.18 Å². The van der Waals surface area contributed by atoms with Crippen LogP contribution in [0.2, 0.25) is 0 Å². The molecule has 1 aliphatic heterocycles. The fourth-order valence-corrected chi connectivity index (χ4v) is 4.77. The lowest BCUT2D eigenvalue weighted by atomic mass is 9.88. The average Bonchev–Trinajstić information content (AvgIpc) is 3.20. The van der Waals surface area contributed by atoms with Crippen molar-refractivity contribution in [1.82, 2.24) is 15.2 Å². The second-order valence-corrected chi connectivity index (χ2v) is 8.69. The highest BCUT2D eigenvalue weighted by molar-refractivity contribution is 5.86. The Bertz CT molecular complexity index is 1010. The normalized spacial score (nSPS) is 18.2. The highest BCUT2D eigenvalue weighted by atomic mass is 19.1. The molecule has 2 atom stereocenters. The number of halogens is 1. The summed E-state index contributed by atoms with van der Waals surface area (Å²) in [4.78, 5) is 18.6. The Morgan fingerprint density at radius 1 is 1.23 bits per heavy atom. The van der Waals surface area contributed by atoms with E-state index in [-0.39, 0.29) is 17.6 Å². The number of aromatic amines is 1. The molecule has 0 radical (unpaired) electrons. The van der Waals surface area contributed by atoms with Gasteiger partial charge in [-0.3, -0.25) is 4.79 Å². The number of carbonyl (C=O) groups excluding carboxylic acids is 1. The van der Waals surface area contributed by atoms with Crippen molar-refractivity contribution in [3.05, 3.63) is 71.7 Å². The van der Waals surface area contributed by atoms with Crippen molar-refractivity contribution in [1.29, 1.82) is 0 Å².